The molecule has 192 valence electrons. The van der Waals surface area contributed by atoms with E-state index in [9.17, 15) is 9.90 Å². The van der Waals surface area contributed by atoms with Crippen LogP contribution in [0.15, 0.2) is 61.1 Å². The summed E-state index contributed by atoms with van der Waals surface area (Å²) in [4.78, 5) is 30.2. The Hall–Kier alpha value is -4.88. The molecule has 0 saturated carbocycles. The first-order chi connectivity index (χ1) is 19.4. The summed E-state index contributed by atoms with van der Waals surface area (Å²) >= 11 is 0. The fourth-order valence-corrected chi connectivity index (χ4v) is 3.63. The van der Waals surface area contributed by atoms with E-state index in [1.807, 2.05) is 6.07 Å². The number of nitrogens with zero attached hydrogens (tertiary/aromatic N) is 5. The number of aromatic nitrogens is 4. The van der Waals surface area contributed by atoms with Crippen molar-refractivity contribution in [1.29, 1.82) is 5.26 Å². The number of nitriles is 1. The fourth-order valence-electron chi connectivity index (χ4n) is 3.63. The zero-order chi connectivity index (χ0) is 29.8. The van der Waals surface area contributed by atoms with Gasteiger partial charge in [-0.15, -0.1) is 0 Å². The molecular weight excluding hydrogens is 482 g/mol. The van der Waals surface area contributed by atoms with Crippen molar-refractivity contribution in [3.05, 3.63) is 78.0 Å². The highest BCUT2D eigenvalue weighted by atomic mass is 16.5. The van der Waals surface area contributed by atoms with Crippen molar-refractivity contribution in [2.24, 2.45) is 0 Å². The van der Waals surface area contributed by atoms with E-state index in [0.717, 1.165) is 0 Å². The maximum Gasteiger partial charge on any atom is 0.166 e. The molecule has 4 aromatic rings. The first-order valence-electron chi connectivity index (χ1n) is 13.0. The lowest BCUT2D eigenvalue weighted by atomic mass is 10.1. The van der Waals surface area contributed by atoms with E-state index in [1.54, 1.807) is 50.2 Å². The van der Waals surface area contributed by atoms with Crippen LogP contribution < -0.4 is 15.4 Å². The molecule has 0 spiro atoms. The Morgan fingerprint density at radius 1 is 1.08 bits per heavy atom. The second-order valence-corrected chi connectivity index (χ2v) is 8.72. The summed E-state index contributed by atoms with van der Waals surface area (Å²) in [6.45, 7) is 0.751. The predicted octanol–water partition coefficient (Wildman–Crippen LogP) is 5.12. The lowest BCUT2D eigenvalue weighted by Gasteiger charge is -2.18. The number of para-hydroxylation sites is 1. The molecular formula is C28H27N7O3. The van der Waals surface area contributed by atoms with E-state index in [0.29, 0.717) is 40.0 Å². The van der Waals surface area contributed by atoms with Crippen molar-refractivity contribution in [2.45, 2.75) is 32.7 Å². The second-order valence-electron chi connectivity index (χ2n) is 8.72. The number of carbonyl (C=O) groups excluding carboxylic acids is 1. The highest BCUT2D eigenvalue weighted by molar-refractivity contribution is 6.02. The molecule has 4 rings (SSSR count). The first-order valence-corrected chi connectivity index (χ1v) is 11.5. The van der Waals surface area contributed by atoms with Gasteiger partial charge in [-0.2, -0.15) is 5.26 Å². The number of methoxy groups -OCH3 is 1. The Kier molecular flexibility index (Phi) is 6.48. The average molecular weight is 513 g/mol. The summed E-state index contributed by atoms with van der Waals surface area (Å²) < 4.78 is 28.4. The molecule has 3 heterocycles. The lowest BCUT2D eigenvalue weighted by Crippen LogP contribution is -2.17. The lowest BCUT2D eigenvalue weighted by molar-refractivity contribution is 0.0734. The molecule has 0 aliphatic carbocycles. The van der Waals surface area contributed by atoms with Crippen LogP contribution in [0.4, 0.5) is 23.0 Å². The van der Waals surface area contributed by atoms with Crippen molar-refractivity contribution in [3.63, 3.8) is 0 Å². The number of ketones is 1. The molecule has 38 heavy (non-hydrogen) atoms. The smallest absolute Gasteiger partial charge is 0.166 e. The molecule has 0 saturated heterocycles. The van der Waals surface area contributed by atoms with Gasteiger partial charge in [0, 0.05) is 28.4 Å². The van der Waals surface area contributed by atoms with Gasteiger partial charge in [0.25, 0.3) is 0 Å². The maximum atomic E-state index is 13.0. The normalized spacial score (nSPS) is 12.4. The Balaban J connectivity index is 1.75. The minimum atomic E-state index is -2.47. The third-order valence-electron chi connectivity index (χ3n) is 5.53. The molecule has 1 aromatic carbocycles. The van der Waals surface area contributed by atoms with Gasteiger partial charge in [-0.1, -0.05) is 19.0 Å². The molecule has 0 unspecified atom stereocenters. The van der Waals surface area contributed by atoms with E-state index in [4.69, 9.17) is 14.1 Å². The number of rotatable bonds is 9. The van der Waals surface area contributed by atoms with Crippen molar-refractivity contribution < 1.29 is 18.8 Å². The summed E-state index contributed by atoms with van der Waals surface area (Å²) in [6.07, 6.45) is 3.61. The zero-order valence-corrected chi connectivity index (χ0v) is 21.0. The van der Waals surface area contributed by atoms with Crippen LogP contribution in [0.25, 0.3) is 11.3 Å². The number of hydrogen-bond acceptors (Lipinski definition) is 10. The second kappa shape index (κ2) is 11.0. The molecule has 0 aliphatic heterocycles. The SMILES string of the molecule is [2H]C([2H])([2H])CC(=O)c1cnc(Nc2cccc(C#N)n2)cc1Nc1cccc(-c2cnc(C(C)(C)O)cn2)c1OC. The van der Waals surface area contributed by atoms with Crippen LogP contribution in [0.5, 0.6) is 5.75 Å². The molecule has 10 nitrogen and oxygen atoms in total. The molecule has 3 N–H and O–H groups in total. The highest BCUT2D eigenvalue weighted by Gasteiger charge is 2.20. The third kappa shape index (κ3) is 5.74. The summed E-state index contributed by atoms with van der Waals surface area (Å²) in [5, 5.41) is 25.5. The van der Waals surface area contributed by atoms with E-state index < -0.39 is 24.7 Å². The van der Waals surface area contributed by atoms with Gasteiger partial charge in [0.15, 0.2) is 11.5 Å². The summed E-state index contributed by atoms with van der Waals surface area (Å²) in [5.41, 5.74) is 1.32. The molecule has 3 aromatic heterocycles. The summed E-state index contributed by atoms with van der Waals surface area (Å²) in [7, 11) is 1.48. The number of nitrogens with one attached hydrogen (secondary N) is 2. The predicted molar refractivity (Wildman–Crippen MR) is 144 cm³/mol. The van der Waals surface area contributed by atoms with E-state index in [-0.39, 0.29) is 16.9 Å². The largest absolute Gasteiger partial charge is 0.494 e. The van der Waals surface area contributed by atoms with E-state index >= 15 is 0 Å². The van der Waals surface area contributed by atoms with Gasteiger partial charge in [0.2, 0.25) is 0 Å². The third-order valence-corrected chi connectivity index (χ3v) is 5.53. The number of ether oxygens (including phenoxy) is 1. The number of benzene rings is 1. The van der Waals surface area contributed by atoms with Crippen LogP contribution in [0.2, 0.25) is 0 Å². The maximum absolute atomic E-state index is 13.0. The van der Waals surface area contributed by atoms with Crippen molar-refractivity contribution in [3.8, 4) is 23.1 Å². The van der Waals surface area contributed by atoms with Crippen LogP contribution in [0.3, 0.4) is 0 Å². The van der Waals surface area contributed by atoms with Gasteiger partial charge < -0.3 is 20.5 Å². The van der Waals surface area contributed by atoms with Crippen LogP contribution in [-0.4, -0.2) is 37.9 Å². The molecule has 0 atom stereocenters. The first kappa shape index (κ1) is 22.3. The van der Waals surface area contributed by atoms with Crippen molar-refractivity contribution in [2.75, 3.05) is 17.7 Å². The van der Waals surface area contributed by atoms with Gasteiger partial charge in [0.05, 0.1) is 47.8 Å². The zero-order valence-electron chi connectivity index (χ0n) is 24.0. The molecule has 0 aliphatic rings. The molecule has 0 fully saturated rings. The van der Waals surface area contributed by atoms with Gasteiger partial charge >= 0.3 is 0 Å². The van der Waals surface area contributed by atoms with Gasteiger partial charge in [-0.3, -0.25) is 14.8 Å². The fraction of sp³-hybridized carbons (Fsp3) is 0.214. The molecule has 0 amide bonds. The Bertz CT molecular complexity index is 1610. The van der Waals surface area contributed by atoms with Crippen molar-refractivity contribution in [1.82, 2.24) is 19.9 Å². The van der Waals surface area contributed by atoms with Crippen LogP contribution in [0.1, 0.15) is 53.0 Å². The monoisotopic (exact) mass is 512 g/mol. The number of carbonyl (C=O) groups is 1. The quantitative estimate of drug-likeness (QED) is 0.258. The van der Waals surface area contributed by atoms with Crippen molar-refractivity contribution >= 4 is 28.8 Å². The van der Waals surface area contributed by atoms with Crippen LogP contribution in [-0.2, 0) is 5.60 Å². The Morgan fingerprint density at radius 3 is 2.58 bits per heavy atom. The minimum Gasteiger partial charge on any atom is -0.494 e. The number of anilines is 4. The highest BCUT2D eigenvalue weighted by Crippen LogP contribution is 2.38. The van der Waals surface area contributed by atoms with Gasteiger partial charge in [0.1, 0.15) is 29.0 Å². The Labute approximate surface area is 224 Å². The number of Topliss-reactive ketones (excluding diaryl/α,β-unsaturated/α-hetero) is 1. The number of pyridine rings is 2. The Morgan fingerprint density at radius 2 is 1.89 bits per heavy atom. The number of aliphatic hydroxyl groups is 1. The number of hydrogen-bond donors (Lipinski definition) is 3. The standard InChI is InChI=1S/C28H27N7O3/c1-5-23(36)19-14-32-26(35-25-11-6-8-17(13-29)33-25)12-21(19)34-20-10-7-9-18(27(20)38-4)22-15-31-24(16-30-22)28(2,3)37/h6-12,14-16,37H,5H2,1-4H3,(H2,32,33,34,35)/i1D3. The van der Waals surface area contributed by atoms with E-state index in [1.165, 1.54) is 31.8 Å². The molecule has 10 heteroatoms. The average Bonchev–Trinajstić information content (AvgIpc) is 2.92. The van der Waals surface area contributed by atoms with Crippen LogP contribution >= 0.6 is 0 Å². The van der Waals surface area contributed by atoms with E-state index in [2.05, 4.69) is 30.6 Å². The van der Waals surface area contributed by atoms with Gasteiger partial charge in [-0.25, -0.2) is 9.97 Å². The minimum absolute atomic E-state index is 0.0622. The molecule has 0 bridgehead atoms. The molecule has 0 radical (unpaired) electrons. The summed E-state index contributed by atoms with van der Waals surface area (Å²) in [5.74, 6) is 0.418. The van der Waals surface area contributed by atoms with Gasteiger partial charge in [-0.05, 0) is 38.1 Å². The van der Waals surface area contributed by atoms with Crippen LogP contribution in [0, 0.1) is 11.3 Å². The summed E-state index contributed by atoms with van der Waals surface area (Å²) in [6, 6.07) is 13.6. The topological polar surface area (TPSA) is 146 Å².